The van der Waals surface area contributed by atoms with Gasteiger partial charge in [0.25, 0.3) is 0 Å². The van der Waals surface area contributed by atoms with Crippen LogP contribution in [0.15, 0.2) is 54.6 Å². The highest BCUT2D eigenvalue weighted by Crippen LogP contribution is 2.38. The molecule has 5 rings (SSSR count). The van der Waals surface area contributed by atoms with Crippen LogP contribution < -0.4 is 14.8 Å². The lowest BCUT2D eigenvalue weighted by Crippen LogP contribution is -2.39. The van der Waals surface area contributed by atoms with Crippen LogP contribution in [0, 0.1) is 5.82 Å². The molecule has 0 bridgehead atoms. The summed E-state index contributed by atoms with van der Waals surface area (Å²) in [7, 11) is 1.68. The SMILES string of the molecule is COc1ccc(C2CCc3cc(O)ccc3C2)c(NCCc2ccc(OCCN3CCC3)c(F)c2)c1. The number of ether oxygens (including phenoxy) is 2. The van der Waals surface area contributed by atoms with Crippen LogP contribution in [0.5, 0.6) is 17.2 Å². The van der Waals surface area contributed by atoms with Gasteiger partial charge in [-0.25, -0.2) is 4.39 Å². The van der Waals surface area contributed by atoms with Gasteiger partial charge >= 0.3 is 0 Å². The molecule has 5 nitrogen and oxygen atoms in total. The van der Waals surface area contributed by atoms with Crippen molar-refractivity contribution in [1.29, 1.82) is 0 Å². The molecule has 0 radical (unpaired) electrons. The molecule has 1 aliphatic carbocycles. The minimum Gasteiger partial charge on any atom is -0.508 e. The van der Waals surface area contributed by atoms with Crippen LogP contribution in [0.2, 0.25) is 0 Å². The minimum atomic E-state index is -0.301. The van der Waals surface area contributed by atoms with Crippen LogP contribution >= 0.6 is 0 Å². The Hall–Kier alpha value is -3.25. The first-order chi connectivity index (χ1) is 17.6. The normalized spacial score (nSPS) is 17.2. The lowest BCUT2D eigenvalue weighted by molar-refractivity contribution is 0.145. The second-order valence-corrected chi connectivity index (χ2v) is 9.83. The maximum Gasteiger partial charge on any atom is 0.165 e. The largest absolute Gasteiger partial charge is 0.508 e. The van der Waals surface area contributed by atoms with E-state index in [2.05, 4.69) is 22.3 Å². The molecule has 1 aliphatic heterocycles. The van der Waals surface area contributed by atoms with Crippen LogP contribution in [-0.2, 0) is 19.3 Å². The van der Waals surface area contributed by atoms with Crippen molar-refractivity contribution >= 4 is 5.69 Å². The van der Waals surface area contributed by atoms with Crippen molar-refractivity contribution < 1.29 is 19.0 Å². The van der Waals surface area contributed by atoms with E-state index >= 15 is 0 Å². The Bertz CT molecular complexity index is 1190. The molecule has 0 spiro atoms. The number of methoxy groups -OCH3 is 1. The molecule has 3 aromatic rings. The summed E-state index contributed by atoms with van der Waals surface area (Å²) < 4.78 is 25.7. The van der Waals surface area contributed by atoms with Gasteiger partial charge in [0.1, 0.15) is 18.1 Å². The summed E-state index contributed by atoms with van der Waals surface area (Å²) in [6.45, 7) is 4.29. The van der Waals surface area contributed by atoms with Gasteiger partial charge in [0, 0.05) is 24.8 Å². The Balaban J connectivity index is 1.21. The van der Waals surface area contributed by atoms with E-state index in [4.69, 9.17) is 9.47 Å². The van der Waals surface area contributed by atoms with Crippen LogP contribution in [0.1, 0.15) is 41.0 Å². The van der Waals surface area contributed by atoms with Crippen molar-refractivity contribution in [3.05, 3.63) is 82.7 Å². The Morgan fingerprint density at radius 3 is 2.72 bits per heavy atom. The summed E-state index contributed by atoms with van der Waals surface area (Å²) in [5.74, 6) is 1.56. The standard InChI is InChI=1S/C30H35FN2O3/c1-35-26-8-9-27(24-5-4-23-19-25(34)7-6-22(23)18-24)29(20-26)32-12-11-21-3-10-30(28(31)17-21)36-16-15-33-13-2-14-33/h3,6-10,17,19-20,24,32,34H,2,4-5,11-16,18H2,1H3. The fraction of sp³-hybridized carbons (Fsp3) is 0.400. The van der Waals surface area contributed by atoms with Gasteiger partial charge in [-0.2, -0.15) is 0 Å². The number of rotatable bonds is 10. The maximum atomic E-state index is 14.6. The number of anilines is 1. The highest BCUT2D eigenvalue weighted by Gasteiger charge is 2.23. The van der Waals surface area contributed by atoms with Gasteiger partial charge in [0.05, 0.1) is 7.11 Å². The fourth-order valence-electron chi connectivity index (χ4n) is 5.23. The lowest BCUT2D eigenvalue weighted by atomic mass is 9.79. The molecule has 190 valence electrons. The van der Waals surface area contributed by atoms with E-state index in [0.29, 0.717) is 37.0 Å². The van der Waals surface area contributed by atoms with E-state index in [9.17, 15) is 9.50 Å². The van der Waals surface area contributed by atoms with Crippen molar-refractivity contribution in [2.24, 2.45) is 0 Å². The van der Waals surface area contributed by atoms with E-state index in [0.717, 1.165) is 55.9 Å². The first-order valence-electron chi connectivity index (χ1n) is 12.9. The molecule has 1 fully saturated rings. The van der Waals surface area contributed by atoms with Gasteiger partial charge in [-0.1, -0.05) is 18.2 Å². The van der Waals surface area contributed by atoms with Crippen molar-refractivity contribution in [2.45, 2.75) is 38.0 Å². The Kier molecular flexibility index (Phi) is 7.61. The van der Waals surface area contributed by atoms with Gasteiger partial charge in [-0.15, -0.1) is 0 Å². The topological polar surface area (TPSA) is 54.0 Å². The zero-order valence-corrected chi connectivity index (χ0v) is 20.9. The van der Waals surface area contributed by atoms with Crippen molar-refractivity contribution in [3.63, 3.8) is 0 Å². The van der Waals surface area contributed by atoms with Gasteiger partial charge in [0.15, 0.2) is 11.6 Å². The molecule has 1 saturated heterocycles. The summed E-state index contributed by atoms with van der Waals surface area (Å²) in [4.78, 5) is 2.31. The molecule has 6 heteroatoms. The van der Waals surface area contributed by atoms with E-state index in [-0.39, 0.29) is 5.82 Å². The third kappa shape index (κ3) is 5.76. The zero-order chi connectivity index (χ0) is 24.9. The second-order valence-electron chi connectivity index (χ2n) is 9.83. The third-order valence-corrected chi connectivity index (χ3v) is 7.46. The zero-order valence-electron chi connectivity index (χ0n) is 20.9. The van der Waals surface area contributed by atoms with Gasteiger partial charge in [0.2, 0.25) is 0 Å². The fourth-order valence-corrected chi connectivity index (χ4v) is 5.23. The number of aryl methyl sites for hydroxylation is 1. The number of phenols is 1. The first kappa shape index (κ1) is 24.4. The number of phenolic OH excluding ortho intramolecular Hbond substituents is 1. The Morgan fingerprint density at radius 2 is 1.94 bits per heavy atom. The molecule has 36 heavy (non-hydrogen) atoms. The van der Waals surface area contributed by atoms with Crippen molar-refractivity contribution in [2.75, 3.05) is 45.2 Å². The molecule has 0 aromatic heterocycles. The van der Waals surface area contributed by atoms with Crippen LogP contribution in [0.3, 0.4) is 0 Å². The van der Waals surface area contributed by atoms with E-state index in [1.165, 1.54) is 23.1 Å². The molecular formula is C30H35FN2O3. The second kappa shape index (κ2) is 11.2. The summed E-state index contributed by atoms with van der Waals surface area (Å²) in [5, 5.41) is 13.4. The average Bonchev–Trinajstić information content (AvgIpc) is 2.86. The van der Waals surface area contributed by atoms with Crippen LogP contribution in [0.4, 0.5) is 10.1 Å². The maximum absolute atomic E-state index is 14.6. The predicted octanol–water partition coefficient (Wildman–Crippen LogP) is 5.55. The summed E-state index contributed by atoms with van der Waals surface area (Å²) in [6.07, 6.45) is 4.87. The van der Waals surface area contributed by atoms with Crippen LogP contribution in [-0.4, -0.2) is 49.9 Å². The quantitative estimate of drug-likeness (QED) is 0.390. The number of hydrogen-bond donors (Lipinski definition) is 2. The first-order valence-corrected chi connectivity index (χ1v) is 12.9. The highest BCUT2D eigenvalue weighted by molar-refractivity contribution is 5.58. The molecule has 2 aliphatic rings. The Labute approximate surface area is 212 Å². The van der Waals surface area contributed by atoms with Crippen LogP contribution in [0.25, 0.3) is 0 Å². The monoisotopic (exact) mass is 490 g/mol. The molecule has 1 atom stereocenters. The number of halogens is 1. The predicted molar refractivity (Wildman–Crippen MR) is 141 cm³/mol. The molecular weight excluding hydrogens is 455 g/mol. The Morgan fingerprint density at radius 1 is 1.06 bits per heavy atom. The summed E-state index contributed by atoms with van der Waals surface area (Å²) in [5.41, 5.74) is 5.81. The van der Waals surface area contributed by atoms with E-state index in [1.54, 1.807) is 25.3 Å². The average molecular weight is 491 g/mol. The summed E-state index contributed by atoms with van der Waals surface area (Å²) >= 11 is 0. The summed E-state index contributed by atoms with van der Waals surface area (Å²) in [6, 6.07) is 17.2. The number of likely N-dealkylation sites (tertiary alicyclic amines) is 1. The number of nitrogens with one attached hydrogen (secondary N) is 1. The number of aromatic hydroxyl groups is 1. The number of nitrogens with zero attached hydrogens (tertiary/aromatic N) is 1. The molecule has 0 amide bonds. The van der Waals surface area contributed by atoms with E-state index < -0.39 is 0 Å². The third-order valence-electron chi connectivity index (χ3n) is 7.46. The van der Waals surface area contributed by atoms with Gasteiger partial charge in [-0.05, 0) is 104 Å². The number of hydrogen-bond acceptors (Lipinski definition) is 5. The van der Waals surface area contributed by atoms with Gasteiger partial charge < -0.3 is 19.9 Å². The number of fused-ring (bicyclic) bond motifs is 1. The highest BCUT2D eigenvalue weighted by atomic mass is 19.1. The molecule has 1 unspecified atom stereocenters. The molecule has 0 saturated carbocycles. The van der Waals surface area contributed by atoms with Crippen molar-refractivity contribution in [1.82, 2.24) is 4.90 Å². The van der Waals surface area contributed by atoms with E-state index in [1.807, 2.05) is 24.3 Å². The minimum absolute atomic E-state index is 0.301. The number of benzene rings is 3. The molecule has 3 aromatic carbocycles. The van der Waals surface area contributed by atoms with Gasteiger partial charge in [-0.3, -0.25) is 4.90 Å². The van der Waals surface area contributed by atoms with Crippen molar-refractivity contribution in [3.8, 4) is 17.2 Å². The smallest absolute Gasteiger partial charge is 0.165 e. The molecule has 1 heterocycles. The lowest BCUT2D eigenvalue weighted by Gasteiger charge is -2.30. The molecule has 2 N–H and O–H groups in total.